The molecule has 0 saturated carbocycles. The Morgan fingerprint density at radius 3 is 2.65 bits per heavy atom. The number of nitrogens with zero attached hydrogens (tertiary/aromatic N) is 1. The summed E-state index contributed by atoms with van der Waals surface area (Å²) >= 11 is 0. The average molecular weight is 307 g/mol. The van der Waals surface area contributed by atoms with E-state index in [0.717, 1.165) is 52.8 Å². The van der Waals surface area contributed by atoms with Gasteiger partial charge in [-0.1, -0.05) is 37.6 Å². The number of rotatable bonds is 5. The number of methoxy groups -OCH3 is 1. The van der Waals surface area contributed by atoms with E-state index in [9.17, 15) is 0 Å². The molecule has 0 aliphatic rings. The number of unbranched alkanes of at least 4 members (excludes halogenated alkanes) is 1. The van der Waals surface area contributed by atoms with Crippen molar-refractivity contribution in [2.24, 2.45) is 4.99 Å². The van der Waals surface area contributed by atoms with E-state index in [1.165, 1.54) is 0 Å². The van der Waals surface area contributed by atoms with Gasteiger partial charge in [-0.05, 0) is 30.7 Å². The molecule has 1 heterocycles. The monoisotopic (exact) mass is 307 g/mol. The maximum Gasteiger partial charge on any atom is 0.140 e. The second-order valence-electron chi connectivity index (χ2n) is 5.43. The first-order chi connectivity index (χ1) is 11.3. The predicted octanol–water partition coefficient (Wildman–Crippen LogP) is 4.81. The van der Waals surface area contributed by atoms with E-state index >= 15 is 0 Å². The normalized spacial score (nSPS) is 11.8. The van der Waals surface area contributed by atoms with E-state index in [2.05, 4.69) is 13.0 Å². The van der Waals surface area contributed by atoms with Crippen LogP contribution in [0.1, 0.15) is 19.8 Å². The SMILES string of the molecule is CCCCN=c1cc(-c2ccccc2OC)oc2ccccc12. The number of hydrogen-bond acceptors (Lipinski definition) is 3. The van der Waals surface area contributed by atoms with Gasteiger partial charge < -0.3 is 9.15 Å². The maximum absolute atomic E-state index is 6.10. The third-order valence-electron chi connectivity index (χ3n) is 3.82. The van der Waals surface area contributed by atoms with Gasteiger partial charge >= 0.3 is 0 Å². The molecule has 0 amide bonds. The van der Waals surface area contributed by atoms with Crippen LogP contribution in [0.2, 0.25) is 0 Å². The molecule has 3 rings (SSSR count). The summed E-state index contributed by atoms with van der Waals surface area (Å²) in [5, 5.41) is 2.02. The molecule has 0 unspecified atom stereocenters. The van der Waals surface area contributed by atoms with E-state index in [0.29, 0.717) is 0 Å². The van der Waals surface area contributed by atoms with Crippen molar-refractivity contribution in [1.82, 2.24) is 0 Å². The van der Waals surface area contributed by atoms with Crippen molar-refractivity contribution >= 4 is 11.0 Å². The van der Waals surface area contributed by atoms with Crippen LogP contribution in [-0.2, 0) is 0 Å². The highest BCUT2D eigenvalue weighted by Crippen LogP contribution is 2.30. The zero-order chi connectivity index (χ0) is 16.1. The van der Waals surface area contributed by atoms with E-state index in [-0.39, 0.29) is 0 Å². The van der Waals surface area contributed by atoms with E-state index in [1.54, 1.807) is 7.11 Å². The molecule has 0 aliphatic carbocycles. The van der Waals surface area contributed by atoms with Crippen molar-refractivity contribution in [2.45, 2.75) is 19.8 Å². The highest BCUT2D eigenvalue weighted by molar-refractivity contribution is 5.79. The van der Waals surface area contributed by atoms with E-state index in [1.807, 2.05) is 48.5 Å². The Labute approximate surface area is 136 Å². The van der Waals surface area contributed by atoms with E-state index < -0.39 is 0 Å². The van der Waals surface area contributed by atoms with Gasteiger partial charge in [-0.15, -0.1) is 0 Å². The quantitative estimate of drug-likeness (QED) is 0.634. The minimum Gasteiger partial charge on any atom is -0.496 e. The van der Waals surface area contributed by atoms with Gasteiger partial charge in [-0.3, -0.25) is 4.99 Å². The molecule has 3 heteroatoms. The van der Waals surface area contributed by atoms with Crippen LogP contribution in [0.5, 0.6) is 5.75 Å². The molecule has 0 N–H and O–H groups in total. The van der Waals surface area contributed by atoms with Crippen LogP contribution in [0.3, 0.4) is 0 Å². The van der Waals surface area contributed by atoms with Crippen molar-refractivity contribution in [2.75, 3.05) is 13.7 Å². The summed E-state index contributed by atoms with van der Waals surface area (Å²) in [4.78, 5) is 4.76. The fourth-order valence-corrected chi connectivity index (χ4v) is 2.59. The Kier molecular flexibility index (Phi) is 4.77. The Morgan fingerprint density at radius 2 is 1.83 bits per heavy atom. The van der Waals surface area contributed by atoms with Crippen molar-refractivity contribution < 1.29 is 9.15 Å². The van der Waals surface area contributed by atoms with Gasteiger partial charge in [0.2, 0.25) is 0 Å². The lowest BCUT2D eigenvalue weighted by Gasteiger charge is -2.09. The summed E-state index contributed by atoms with van der Waals surface area (Å²) in [7, 11) is 1.67. The van der Waals surface area contributed by atoms with Crippen molar-refractivity contribution in [3.63, 3.8) is 0 Å². The molecule has 3 nitrogen and oxygen atoms in total. The van der Waals surface area contributed by atoms with Crippen LogP contribution in [0.15, 0.2) is 64.0 Å². The van der Waals surface area contributed by atoms with E-state index in [4.69, 9.17) is 14.1 Å². The van der Waals surface area contributed by atoms with Crippen molar-refractivity contribution in [1.29, 1.82) is 0 Å². The summed E-state index contributed by atoms with van der Waals surface area (Å²) < 4.78 is 11.6. The zero-order valence-electron chi connectivity index (χ0n) is 13.6. The molecule has 0 aliphatic heterocycles. The average Bonchev–Trinajstić information content (AvgIpc) is 2.61. The highest BCUT2D eigenvalue weighted by atomic mass is 16.5. The fraction of sp³-hybridized carbons (Fsp3) is 0.250. The summed E-state index contributed by atoms with van der Waals surface area (Å²) in [6.45, 7) is 3.00. The van der Waals surface area contributed by atoms with Crippen LogP contribution in [-0.4, -0.2) is 13.7 Å². The lowest BCUT2D eigenvalue weighted by molar-refractivity contribution is 0.415. The standard InChI is InChI=1S/C20H21NO2/c1-3-4-13-21-17-14-20(16-10-6-7-11-18(16)22-2)23-19-12-8-5-9-15(17)19/h5-12,14H,3-4,13H2,1-2H3. The molecule has 118 valence electrons. The van der Waals surface area contributed by atoms with Crippen LogP contribution >= 0.6 is 0 Å². The topological polar surface area (TPSA) is 34.7 Å². The summed E-state index contributed by atoms with van der Waals surface area (Å²) in [5.41, 5.74) is 1.78. The lowest BCUT2D eigenvalue weighted by atomic mass is 10.1. The number of hydrogen-bond donors (Lipinski definition) is 0. The lowest BCUT2D eigenvalue weighted by Crippen LogP contribution is -2.05. The Hall–Kier alpha value is -2.55. The maximum atomic E-state index is 6.10. The molecule has 2 aromatic carbocycles. The van der Waals surface area contributed by atoms with Gasteiger partial charge in [0.05, 0.1) is 18.0 Å². The van der Waals surface area contributed by atoms with Crippen molar-refractivity contribution in [3.05, 3.63) is 60.0 Å². The summed E-state index contributed by atoms with van der Waals surface area (Å²) in [5.74, 6) is 1.57. The molecule has 0 atom stereocenters. The summed E-state index contributed by atoms with van der Waals surface area (Å²) in [6, 6.07) is 17.9. The Bertz CT molecular complexity index is 865. The third-order valence-corrected chi connectivity index (χ3v) is 3.82. The first-order valence-electron chi connectivity index (χ1n) is 8.00. The predicted molar refractivity (Wildman–Crippen MR) is 93.5 cm³/mol. The zero-order valence-corrected chi connectivity index (χ0v) is 13.6. The molecule has 1 aromatic heterocycles. The van der Waals surface area contributed by atoms with Gasteiger partial charge in [0.15, 0.2) is 0 Å². The molecule has 0 saturated heterocycles. The second kappa shape index (κ2) is 7.14. The molecule has 0 radical (unpaired) electrons. The molecular weight excluding hydrogens is 286 g/mol. The van der Waals surface area contributed by atoms with Crippen LogP contribution < -0.4 is 10.1 Å². The van der Waals surface area contributed by atoms with Crippen LogP contribution in [0, 0.1) is 0 Å². The number of benzene rings is 2. The number of ether oxygens (including phenoxy) is 1. The first-order valence-corrected chi connectivity index (χ1v) is 8.00. The molecular formula is C20H21NO2. The second-order valence-corrected chi connectivity index (χ2v) is 5.43. The number of para-hydroxylation sites is 2. The molecule has 0 spiro atoms. The number of fused-ring (bicyclic) bond motifs is 1. The minimum absolute atomic E-state index is 0.774. The van der Waals surface area contributed by atoms with Gasteiger partial charge in [-0.2, -0.15) is 0 Å². The molecule has 3 aromatic rings. The Balaban J connectivity index is 2.20. The largest absolute Gasteiger partial charge is 0.496 e. The third kappa shape index (κ3) is 3.29. The Morgan fingerprint density at radius 1 is 1.04 bits per heavy atom. The van der Waals surface area contributed by atoms with Crippen LogP contribution in [0.25, 0.3) is 22.3 Å². The smallest absolute Gasteiger partial charge is 0.140 e. The van der Waals surface area contributed by atoms with Gasteiger partial charge in [0.25, 0.3) is 0 Å². The molecule has 0 bridgehead atoms. The van der Waals surface area contributed by atoms with Gasteiger partial charge in [-0.25, -0.2) is 0 Å². The molecule has 0 fully saturated rings. The minimum atomic E-state index is 0.774. The van der Waals surface area contributed by atoms with Gasteiger partial charge in [0, 0.05) is 18.0 Å². The van der Waals surface area contributed by atoms with Crippen molar-refractivity contribution in [3.8, 4) is 17.1 Å². The first kappa shape index (κ1) is 15.3. The fourth-order valence-electron chi connectivity index (χ4n) is 2.59. The molecule has 23 heavy (non-hydrogen) atoms. The van der Waals surface area contributed by atoms with Gasteiger partial charge in [0.1, 0.15) is 17.1 Å². The van der Waals surface area contributed by atoms with Crippen LogP contribution in [0.4, 0.5) is 0 Å². The highest BCUT2D eigenvalue weighted by Gasteiger charge is 2.09. The summed E-state index contributed by atoms with van der Waals surface area (Å²) in [6.07, 6.45) is 2.22.